The molecule has 2 aromatic carbocycles. The normalized spacial score (nSPS) is 17.3. The van der Waals surface area contributed by atoms with E-state index in [4.69, 9.17) is 15.1 Å². The summed E-state index contributed by atoms with van der Waals surface area (Å²) in [5, 5.41) is 11.7. The number of aryl methyl sites for hydroxylation is 1. The third-order valence-corrected chi connectivity index (χ3v) is 6.43. The number of alkyl halides is 3. The highest BCUT2D eigenvalue weighted by atomic mass is 19.4. The number of hydrogen-bond donors (Lipinski definition) is 2. The van der Waals surface area contributed by atoms with Gasteiger partial charge in [0.15, 0.2) is 0 Å². The van der Waals surface area contributed by atoms with Crippen LogP contribution in [0.2, 0.25) is 0 Å². The molecule has 3 aromatic rings. The van der Waals surface area contributed by atoms with Crippen LogP contribution in [0.5, 0.6) is 0 Å². The van der Waals surface area contributed by atoms with Crippen molar-refractivity contribution in [2.24, 2.45) is 11.8 Å². The number of nitrogens with one attached hydrogen (secondary N) is 1. The number of allylic oxidation sites excluding steroid dienone is 3. The Labute approximate surface area is 218 Å². The molecule has 38 heavy (non-hydrogen) atoms. The van der Waals surface area contributed by atoms with Crippen LogP contribution in [0.1, 0.15) is 38.3 Å². The maximum absolute atomic E-state index is 13.1. The molecule has 4 rings (SSSR count). The Morgan fingerprint density at radius 3 is 2.47 bits per heavy atom. The summed E-state index contributed by atoms with van der Waals surface area (Å²) in [5.41, 5.74) is 4.63. The molecule has 0 aliphatic heterocycles. The molecule has 1 aliphatic rings. The molecule has 1 aliphatic carbocycles. The van der Waals surface area contributed by atoms with E-state index in [2.05, 4.69) is 5.32 Å². The van der Waals surface area contributed by atoms with E-state index in [-0.39, 0.29) is 18.7 Å². The molecule has 9 heteroatoms. The van der Waals surface area contributed by atoms with Gasteiger partial charge in [-0.2, -0.15) is 13.2 Å². The highest BCUT2D eigenvalue weighted by Gasteiger charge is 2.41. The topological polar surface area (TPSA) is 92.2 Å². The predicted molar refractivity (Wildman–Crippen MR) is 139 cm³/mol. The van der Waals surface area contributed by atoms with Crippen LogP contribution in [0.4, 0.5) is 18.9 Å². The number of hydrogen-bond acceptors (Lipinski definition) is 4. The lowest BCUT2D eigenvalue weighted by Crippen LogP contribution is -2.28. The average Bonchev–Trinajstić information content (AvgIpc) is 2.85. The van der Waals surface area contributed by atoms with E-state index in [1.54, 1.807) is 18.2 Å². The van der Waals surface area contributed by atoms with Crippen molar-refractivity contribution in [1.29, 1.82) is 0 Å². The molecule has 1 amide bonds. The second-order valence-electron chi connectivity index (χ2n) is 9.44. The minimum Gasteiger partial charge on any atom is -0.481 e. The Morgan fingerprint density at radius 1 is 1.03 bits per heavy atom. The molecule has 198 valence electrons. The van der Waals surface area contributed by atoms with Crippen LogP contribution < -0.4 is 5.32 Å². The van der Waals surface area contributed by atoms with E-state index >= 15 is 0 Å². The maximum atomic E-state index is 13.1. The molecule has 1 heterocycles. The Bertz CT molecular complexity index is 1380. The van der Waals surface area contributed by atoms with Gasteiger partial charge in [0.25, 0.3) is 0 Å². The zero-order valence-electron chi connectivity index (χ0n) is 20.8. The molecule has 0 bridgehead atoms. The van der Waals surface area contributed by atoms with Crippen LogP contribution in [0.25, 0.3) is 22.3 Å². The van der Waals surface area contributed by atoms with Gasteiger partial charge in [0, 0.05) is 17.7 Å². The van der Waals surface area contributed by atoms with E-state index in [1.165, 1.54) is 19.1 Å². The van der Waals surface area contributed by atoms with Crippen molar-refractivity contribution in [2.45, 2.75) is 45.2 Å². The van der Waals surface area contributed by atoms with Crippen LogP contribution in [0, 0.1) is 11.8 Å². The van der Waals surface area contributed by atoms with Crippen LogP contribution in [-0.4, -0.2) is 33.1 Å². The highest BCUT2D eigenvalue weighted by molar-refractivity contribution is 5.94. The second-order valence-corrected chi connectivity index (χ2v) is 9.44. The van der Waals surface area contributed by atoms with Gasteiger partial charge in [-0.25, -0.2) is 9.97 Å². The number of carboxylic acid groups (broad SMARTS) is 1. The summed E-state index contributed by atoms with van der Waals surface area (Å²) in [7, 11) is 0. The molecule has 1 unspecified atom stereocenters. The number of rotatable bonds is 9. The Hall–Kier alpha value is -4.01. The van der Waals surface area contributed by atoms with Crippen LogP contribution >= 0.6 is 0 Å². The molecule has 0 saturated carbocycles. The first-order valence-electron chi connectivity index (χ1n) is 12.4. The van der Waals surface area contributed by atoms with Gasteiger partial charge in [-0.15, -0.1) is 0 Å². The first-order valence-corrected chi connectivity index (χ1v) is 12.4. The van der Waals surface area contributed by atoms with Gasteiger partial charge in [-0.1, -0.05) is 55.5 Å². The molecule has 0 fully saturated rings. The first kappa shape index (κ1) is 27.0. The summed E-state index contributed by atoms with van der Waals surface area (Å²) in [6, 6.07) is 14.8. The summed E-state index contributed by atoms with van der Waals surface area (Å²) < 4.78 is 39.2. The van der Waals surface area contributed by atoms with Gasteiger partial charge in [0.05, 0.1) is 34.8 Å². The number of carbonyl (C=O) groups excluding carboxylic acids is 1. The van der Waals surface area contributed by atoms with E-state index < -0.39 is 24.0 Å². The van der Waals surface area contributed by atoms with Crippen molar-refractivity contribution in [3.8, 4) is 11.3 Å². The standard InChI is InChI=1S/C29H28F3N3O3/c1-18-15-19(11-13-22(18)29(30,31)32)16-26(36)33-21-12-14-23-25(17-21)34-24(9-5-6-10-27(37)38)28(35-23)20-7-3-2-4-8-20/h2-4,7-8,11-15,17-18,22H,5-6,9-10,16H2,1H3,(H,33,36)(H,37,38)/t18-,22?/m0/s1. The fourth-order valence-corrected chi connectivity index (χ4v) is 4.55. The first-order chi connectivity index (χ1) is 18.1. The number of carbonyl (C=O) groups is 2. The third kappa shape index (κ3) is 6.85. The van der Waals surface area contributed by atoms with Crippen molar-refractivity contribution in [1.82, 2.24) is 9.97 Å². The minimum atomic E-state index is -4.32. The smallest absolute Gasteiger partial charge is 0.395 e. The third-order valence-electron chi connectivity index (χ3n) is 6.43. The van der Waals surface area contributed by atoms with Crippen molar-refractivity contribution in [2.75, 3.05) is 5.32 Å². The maximum Gasteiger partial charge on any atom is 0.395 e. The summed E-state index contributed by atoms with van der Waals surface area (Å²) >= 11 is 0. The second kappa shape index (κ2) is 11.6. The van der Waals surface area contributed by atoms with Crippen molar-refractivity contribution in [3.05, 3.63) is 78.0 Å². The largest absolute Gasteiger partial charge is 0.481 e. The van der Waals surface area contributed by atoms with Crippen LogP contribution in [-0.2, 0) is 16.0 Å². The molecule has 0 saturated heterocycles. The fraction of sp³-hybridized carbons (Fsp3) is 0.310. The molecule has 6 nitrogen and oxygen atoms in total. The Balaban J connectivity index is 1.51. The van der Waals surface area contributed by atoms with Gasteiger partial charge in [0.1, 0.15) is 0 Å². The molecule has 1 aromatic heterocycles. The van der Waals surface area contributed by atoms with Crippen molar-refractivity contribution in [3.63, 3.8) is 0 Å². The number of carboxylic acids is 1. The average molecular weight is 524 g/mol. The van der Waals surface area contributed by atoms with Gasteiger partial charge in [-0.05, 0) is 49.0 Å². The zero-order valence-corrected chi connectivity index (χ0v) is 20.8. The lowest BCUT2D eigenvalue weighted by Gasteiger charge is -2.25. The summed E-state index contributed by atoms with van der Waals surface area (Å²) in [6.07, 6.45) is 1.40. The quantitative estimate of drug-likeness (QED) is 0.303. The zero-order chi connectivity index (χ0) is 27.3. The van der Waals surface area contributed by atoms with E-state index in [0.717, 1.165) is 23.0 Å². The van der Waals surface area contributed by atoms with Crippen LogP contribution in [0.15, 0.2) is 72.3 Å². The molecule has 0 spiro atoms. The Morgan fingerprint density at radius 2 is 1.79 bits per heavy atom. The van der Waals surface area contributed by atoms with Gasteiger partial charge >= 0.3 is 12.1 Å². The highest BCUT2D eigenvalue weighted by Crippen LogP contribution is 2.37. The predicted octanol–water partition coefficient (Wildman–Crippen LogP) is 6.73. The monoisotopic (exact) mass is 523 g/mol. The molecule has 0 radical (unpaired) electrons. The SMILES string of the molecule is C[C@H]1C=C(CC(=O)Nc2ccc3nc(-c4ccccc4)c(CCCCC(=O)O)nc3c2)C=CC1C(F)(F)F. The number of aliphatic carboxylic acids is 1. The number of fused-ring (bicyclic) bond motifs is 1. The van der Waals surface area contributed by atoms with Gasteiger partial charge in [0.2, 0.25) is 5.91 Å². The van der Waals surface area contributed by atoms with E-state index in [0.29, 0.717) is 41.6 Å². The van der Waals surface area contributed by atoms with Gasteiger partial charge < -0.3 is 10.4 Å². The number of benzene rings is 2. The summed E-state index contributed by atoms with van der Waals surface area (Å²) in [5.74, 6) is -3.48. The van der Waals surface area contributed by atoms with E-state index in [1.807, 2.05) is 30.3 Å². The van der Waals surface area contributed by atoms with Crippen molar-refractivity contribution < 1.29 is 27.9 Å². The summed E-state index contributed by atoms with van der Waals surface area (Å²) in [6.45, 7) is 1.49. The lowest BCUT2D eigenvalue weighted by atomic mass is 9.86. The minimum absolute atomic E-state index is 0.0447. The number of halogens is 3. The number of unbranched alkanes of at least 4 members (excludes halogenated alkanes) is 1. The Kier molecular flexibility index (Phi) is 8.24. The number of aromatic nitrogens is 2. The molecular formula is C29H28F3N3O3. The molecule has 2 atom stereocenters. The van der Waals surface area contributed by atoms with E-state index in [9.17, 15) is 22.8 Å². The summed E-state index contributed by atoms with van der Waals surface area (Å²) in [4.78, 5) is 33.1. The number of anilines is 1. The van der Waals surface area contributed by atoms with Crippen LogP contribution in [0.3, 0.4) is 0 Å². The number of amides is 1. The molecular weight excluding hydrogens is 495 g/mol. The fourth-order valence-electron chi connectivity index (χ4n) is 4.55. The lowest BCUT2D eigenvalue weighted by molar-refractivity contribution is -0.169. The van der Waals surface area contributed by atoms with Gasteiger partial charge in [-0.3, -0.25) is 9.59 Å². The molecule has 2 N–H and O–H groups in total. The number of nitrogens with zero attached hydrogens (tertiary/aromatic N) is 2. The van der Waals surface area contributed by atoms with Crippen molar-refractivity contribution >= 4 is 28.6 Å².